The van der Waals surface area contributed by atoms with Crippen molar-refractivity contribution in [1.29, 1.82) is 5.26 Å². The number of nitriles is 1. The zero-order valence-electron chi connectivity index (χ0n) is 21.7. The van der Waals surface area contributed by atoms with Gasteiger partial charge in [0.1, 0.15) is 29.9 Å². The van der Waals surface area contributed by atoms with Crippen LogP contribution in [0.2, 0.25) is 0 Å². The van der Waals surface area contributed by atoms with E-state index in [1.807, 2.05) is 53.9 Å². The van der Waals surface area contributed by atoms with Crippen molar-refractivity contribution in [1.82, 2.24) is 14.3 Å². The molecule has 1 aromatic carbocycles. The number of ether oxygens (including phenoxy) is 2. The summed E-state index contributed by atoms with van der Waals surface area (Å²) in [4.78, 5) is 20.2. The Hall–Kier alpha value is -3.91. The number of carbonyl (C=O) groups is 1. The van der Waals surface area contributed by atoms with E-state index in [1.165, 1.54) is 11.3 Å². The van der Waals surface area contributed by atoms with Crippen molar-refractivity contribution in [3.63, 3.8) is 0 Å². The number of aromatic nitrogens is 2. The molecule has 0 bridgehead atoms. The number of β-amino-alcohol motifs (C(OH)–C–C–N with tert-alkyl or cyclic N) is 1. The number of amides is 1. The van der Waals surface area contributed by atoms with Gasteiger partial charge in [-0.25, -0.2) is 4.98 Å². The van der Waals surface area contributed by atoms with Crippen molar-refractivity contribution in [2.24, 2.45) is 5.73 Å². The lowest BCUT2D eigenvalue weighted by Gasteiger charge is -2.29. The highest BCUT2D eigenvalue weighted by Crippen LogP contribution is 2.39. The quantitative estimate of drug-likeness (QED) is 0.309. The van der Waals surface area contributed by atoms with Crippen molar-refractivity contribution in [3.05, 3.63) is 70.9 Å². The minimum absolute atomic E-state index is 0.0446. The van der Waals surface area contributed by atoms with Gasteiger partial charge in [-0.3, -0.25) is 14.1 Å². The van der Waals surface area contributed by atoms with Gasteiger partial charge in [-0.05, 0) is 44.5 Å². The van der Waals surface area contributed by atoms with Crippen LogP contribution in [0.15, 0.2) is 54.9 Å². The summed E-state index contributed by atoms with van der Waals surface area (Å²) in [6, 6.07) is 15.2. The predicted molar refractivity (Wildman–Crippen MR) is 149 cm³/mol. The molecule has 9 nitrogen and oxygen atoms in total. The number of piperidine rings is 1. The zero-order valence-corrected chi connectivity index (χ0v) is 22.6. The molecule has 39 heavy (non-hydrogen) atoms. The Morgan fingerprint density at radius 3 is 2.97 bits per heavy atom. The molecule has 1 fully saturated rings. The summed E-state index contributed by atoms with van der Waals surface area (Å²) >= 11 is 1.43. The molecule has 10 heteroatoms. The van der Waals surface area contributed by atoms with E-state index >= 15 is 0 Å². The Bertz CT molecular complexity index is 1510. The van der Waals surface area contributed by atoms with E-state index in [0.29, 0.717) is 35.1 Å². The van der Waals surface area contributed by atoms with E-state index in [-0.39, 0.29) is 12.5 Å². The van der Waals surface area contributed by atoms with E-state index in [4.69, 9.17) is 15.2 Å². The summed E-state index contributed by atoms with van der Waals surface area (Å²) in [7, 11) is 0. The van der Waals surface area contributed by atoms with E-state index in [0.717, 1.165) is 47.7 Å². The van der Waals surface area contributed by atoms with Gasteiger partial charge in [-0.15, -0.1) is 11.3 Å². The van der Waals surface area contributed by atoms with Crippen molar-refractivity contribution >= 4 is 22.9 Å². The third-order valence-electron chi connectivity index (χ3n) is 6.82. The first-order valence-electron chi connectivity index (χ1n) is 13.0. The smallest absolute Gasteiger partial charge is 0.222 e. The molecule has 5 rings (SSSR count). The minimum Gasteiger partial charge on any atom is -0.491 e. The highest BCUT2D eigenvalue weighted by Gasteiger charge is 2.21. The second-order valence-corrected chi connectivity index (χ2v) is 10.8. The van der Waals surface area contributed by atoms with Gasteiger partial charge in [0.15, 0.2) is 0 Å². The van der Waals surface area contributed by atoms with Crippen LogP contribution in [0.5, 0.6) is 11.5 Å². The fraction of sp³-hybridized carbons (Fsp3) is 0.345. The minimum atomic E-state index is -0.451. The molecule has 1 aliphatic heterocycles. The molecule has 3 aromatic heterocycles. The maximum Gasteiger partial charge on any atom is 0.222 e. The molecule has 4 aromatic rings. The highest BCUT2D eigenvalue weighted by molar-refractivity contribution is 7.15. The second-order valence-electron chi connectivity index (χ2n) is 9.68. The van der Waals surface area contributed by atoms with Crippen LogP contribution in [-0.2, 0) is 11.2 Å². The Labute approximate surface area is 231 Å². The summed E-state index contributed by atoms with van der Waals surface area (Å²) in [6.45, 7) is 4.81. The number of hydrogen-bond donors (Lipinski definition) is 2. The fourth-order valence-corrected chi connectivity index (χ4v) is 5.99. The Balaban J connectivity index is 1.37. The lowest BCUT2D eigenvalue weighted by atomic mass is 10.0. The van der Waals surface area contributed by atoms with Crippen LogP contribution in [0, 0.1) is 11.3 Å². The third-order valence-corrected chi connectivity index (χ3v) is 7.95. The fourth-order valence-electron chi connectivity index (χ4n) is 4.88. The van der Waals surface area contributed by atoms with Gasteiger partial charge in [0.05, 0.1) is 52.0 Å². The van der Waals surface area contributed by atoms with Crippen molar-refractivity contribution < 1.29 is 19.4 Å². The standard InChI is InChI=1S/C29H31N5O4S/c1-19(23-7-3-2-5-20(23)15-30)38-25-13-26(39-27(25)14-28(31)36)24-16-32-29-9-8-22(18-34(24)29)37-12-11-33-10-4-6-21(35)17-33/h2-3,5,7-9,13,16,18-19,21,35H,4,6,10-12,14,17H2,1H3,(H2,31,36)/t19-,21+/m1/s1. The maximum absolute atomic E-state index is 11.8. The monoisotopic (exact) mass is 545 g/mol. The Morgan fingerprint density at radius 1 is 1.33 bits per heavy atom. The van der Waals surface area contributed by atoms with E-state index < -0.39 is 12.0 Å². The SMILES string of the molecule is C[C@@H](Oc1cc(-c2cnc3ccc(OCCN4CCC[C@H](O)C4)cn23)sc1CC(N)=O)c1ccccc1C#N. The van der Waals surface area contributed by atoms with E-state index in [1.54, 1.807) is 12.3 Å². The van der Waals surface area contributed by atoms with Crippen LogP contribution in [0.4, 0.5) is 0 Å². The van der Waals surface area contributed by atoms with Crippen molar-refractivity contribution in [2.75, 3.05) is 26.2 Å². The number of pyridine rings is 1. The molecule has 0 spiro atoms. The molecule has 1 amide bonds. The number of benzene rings is 1. The number of hydrogen-bond acceptors (Lipinski definition) is 8. The van der Waals surface area contributed by atoms with Gasteiger partial charge >= 0.3 is 0 Å². The first-order valence-corrected chi connectivity index (χ1v) is 13.8. The van der Waals surface area contributed by atoms with Crippen molar-refractivity contribution in [3.8, 4) is 28.1 Å². The topological polar surface area (TPSA) is 126 Å². The molecule has 4 heterocycles. The molecule has 1 aliphatic rings. The molecule has 0 aliphatic carbocycles. The number of aliphatic hydroxyl groups is 1. The molecule has 0 saturated carbocycles. The number of nitrogens with zero attached hydrogens (tertiary/aromatic N) is 4. The summed E-state index contributed by atoms with van der Waals surface area (Å²) in [5.74, 6) is 0.819. The normalized spacial score (nSPS) is 16.6. The number of imidazole rings is 1. The number of aliphatic hydroxyl groups excluding tert-OH is 1. The Morgan fingerprint density at radius 2 is 2.18 bits per heavy atom. The van der Waals surface area contributed by atoms with Crippen LogP contribution in [0.3, 0.4) is 0 Å². The van der Waals surface area contributed by atoms with Gasteiger partial charge in [0.25, 0.3) is 0 Å². The van der Waals surface area contributed by atoms with Crippen LogP contribution >= 0.6 is 11.3 Å². The van der Waals surface area contributed by atoms with Crippen LogP contribution in [0.1, 0.15) is 41.9 Å². The number of fused-ring (bicyclic) bond motifs is 1. The van der Waals surface area contributed by atoms with E-state index in [2.05, 4.69) is 16.0 Å². The van der Waals surface area contributed by atoms with E-state index in [9.17, 15) is 15.2 Å². The van der Waals surface area contributed by atoms with Gasteiger partial charge < -0.3 is 20.3 Å². The lowest BCUT2D eigenvalue weighted by molar-refractivity contribution is -0.117. The number of carbonyl (C=O) groups excluding carboxylic acids is 1. The van der Waals surface area contributed by atoms with Crippen molar-refractivity contribution in [2.45, 2.75) is 38.4 Å². The van der Waals surface area contributed by atoms with Crippen LogP contribution in [-0.4, -0.2) is 57.6 Å². The number of thiophene rings is 1. The lowest BCUT2D eigenvalue weighted by Crippen LogP contribution is -2.40. The number of likely N-dealkylation sites (tertiary alicyclic amines) is 1. The Kier molecular flexibility index (Phi) is 8.12. The second kappa shape index (κ2) is 11.9. The van der Waals surface area contributed by atoms with Gasteiger partial charge in [0.2, 0.25) is 5.91 Å². The first-order chi connectivity index (χ1) is 18.9. The van der Waals surface area contributed by atoms with Crippen LogP contribution in [0.25, 0.3) is 16.2 Å². The van der Waals surface area contributed by atoms with Gasteiger partial charge in [-0.2, -0.15) is 5.26 Å². The molecular formula is C29H31N5O4S. The number of rotatable bonds is 10. The molecule has 1 saturated heterocycles. The zero-order chi connectivity index (χ0) is 27.4. The first kappa shape index (κ1) is 26.7. The average Bonchev–Trinajstić information content (AvgIpc) is 3.51. The number of nitrogens with two attached hydrogens (primary N) is 1. The summed E-state index contributed by atoms with van der Waals surface area (Å²) in [5.41, 5.74) is 8.46. The molecule has 2 atom stereocenters. The average molecular weight is 546 g/mol. The van der Waals surface area contributed by atoms with Crippen LogP contribution < -0.4 is 15.2 Å². The third kappa shape index (κ3) is 6.23. The largest absolute Gasteiger partial charge is 0.491 e. The van der Waals surface area contributed by atoms with Gasteiger partial charge in [-0.1, -0.05) is 18.2 Å². The molecule has 3 N–H and O–H groups in total. The molecule has 0 radical (unpaired) electrons. The highest BCUT2D eigenvalue weighted by atomic mass is 32.1. The molecular weight excluding hydrogens is 514 g/mol. The predicted octanol–water partition coefficient (Wildman–Crippen LogP) is 3.94. The molecule has 0 unspecified atom stereocenters. The van der Waals surface area contributed by atoms with Gasteiger partial charge in [0, 0.05) is 24.7 Å². The maximum atomic E-state index is 11.8. The molecule has 202 valence electrons. The number of primary amides is 1. The summed E-state index contributed by atoms with van der Waals surface area (Å²) in [6.07, 6.45) is 4.93. The summed E-state index contributed by atoms with van der Waals surface area (Å²) in [5, 5.41) is 19.4. The summed E-state index contributed by atoms with van der Waals surface area (Å²) < 4.78 is 14.3.